The van der Waals surface area contributed by atoms with Crippen molar-refractivity contribution in [2.75, 3.05) is 5.33 Å². The lowest BCUT2D eigenvalue weighted by atomic mass is 10.1. The Morgan fingerprint density at radius 3 is 2.79 bits per heavy atom. The second-order valence-electron chi connectivity index (χ2n) is 2.70. The van der Waals surface area contributed by atoms with Crippen LogP contribution in [0.15, 0.2) is 24.8 Å². The number of hydrogen-bond donors (Lipinski definition) is 1. The summed E-state index contributed by atoms with van der Waals surface area (Å²) in [6.07, 6.45) is 0. The van der Waals surface area contributed by atoms with Crippen LogP contribution in [0.1, 0.15) is 5.56 Å². The molecule has 74 valence electrons. The fourth-order valence-electron chi connectivity index (χ4n) is 0.993. The van der Waals surface area contributed by atoms with E-state index in [1.54, 1.807) is 0 Å². The Hall–Kier alpha value is -1.36. The van der Waals surface area contributed by atoms with E-state index < -0.39 is 4.92 Å². The first-order chi connectivity index (χ1) is 6.56. The van der Waals surface area contributed by atoms with Gasteiger partial charge in [-0.2, -0.15) is 0 Å². The number of aromatic hydroxyl groups is 1. The minimum Gasteiger partial charge on any atom is -0.507 e. The van der Waals surface area contributed by atoms with Gasteiger partial charge in [0, 0.05) is 23.0 Å². The average molecular weight is 258 g/mol. The SMILES string of the molecule is C=C(CBr)c1cc([N+](=O)[O-])ccc1O. The molecule has 0 amide bonds. The zero-order chi connectivity index (χ0) is 10.7. The molecule has 0 radical (unpaired) electrons. The van der Waals surface area contributed by atoms with Crippen molar-refractivity contribution in [1.82, 2.24) is 0 Å². The molecule has 0 aliphatic rings. The second-order valence-corrected chi connectivity index (χ2v) is 3.26. The molecular weight excluding hydrogens is 250 g/mol. The Morgan fingerprint density at radius 1 is 1.64 bits per heavy atom. The summed E-state index contributed by atoms with van der Waals surface area (Å²) in [6, 6.07) is 3.85. The third kappa shape index (κ3) is 2.11. The van der Waals surface area contributed by atoms with Crippen LogP contribution in [0.4, 0.5) is 5.69 Å². The minimum atomic E-state index is -0.509. The van der Waals surface area contributed by atoms with Crippen molar-refractivity contribution in [2.24, 2.45) is 0 Å². The molecule has 1 rings (SSSR count). The van der Waals surface area contributed by atoms with Crippen LogP contribution in [0.25, 0.3) is 5.57 Å². The highest BCUT2D eigenvalue weighted by Crippen LogP contribution is 2.28. The van der Waals surface area contributed by atoms with Gasteiger partial charge >= 0.3 is 0 Å². The Balaban J connectivity index is 3.21. The van der Waals surface area contributed by atoms with Crippen LogP contribution >= 0.6 is 15.9 Å². The number of hydrogen-bond acceptors (Lipinski definition) is 3. The number of nitro groups is 1. The smallest absolute Gasteiger partial charge is 0.270 e. The molecule has 0 heterocycles. The van der Waals surface area contributed by atoms with E-state index in [9.17, 15) is 15.2 Å². The van der Waals surface area contributed by atoms with Crippen molar-refractivity contribution >= 4 is 27.2 Å². The van der Waals surface area contributed by atoms with E-state index in [4.69, 9.17) is 0 Å². The van der Waals surface area contributed by atoms with Gasteiger partial charge in [-0.1, -0.05) is 22.5 Å². The maximum absolute atomic E-state index is 10.5. The number of rotatable bonds is 3. The third-order valence-corrected chi connectivity index (χ3v) is 2.41. The average Bonchev–Trinajstić information content (AvgIpc) is 2.17. The lowest BCUT2D eigenvalue weighted by Crippen LogP contribution is -1.91. The van der Waals surface area contributed by atoms with Crippen LogP contribution in [0.3, 0.4) is 0 Å². The van der Waals surface area contributed by atoms with Gasteiger partial charge in [-0.3, -0.25) is 10.1 Å². The molecule has 1 aromatic rings. The van der Waals surface area contributed by atoms with E-state index >= 15 is 0 Å². The highest BCUT2D eigenvalue weighted by atomic mass is 79.9. The zero-order valence-corrected chi connectivity index (χ0v) is 8.82. The summed E-state index contributed by atoms with van der Waals surface area (Å²) >= 11 is 3.17. The predicted octanol–water partition coefficient (Wildman–Crippen LogP) is 2.71. The maximum atomic E-state index is 10.5. The van der Waals surface area contributed by atoms with Gasteiger partial charge in [0.2, 0.25) is 0 Å². The molecule has 0 aliphatic carbocycles. The van der Waals surface area contributed by atoms with Crippen molar-refractivity contribution in [3.05, 3.63) is 40.5 Å². The van der Waals surface area contributed by atoms with Gasteiger partial charge in [0.25, 0.3) is 5.69 Å². The summed E-state index contributed by atoms with van der Waals surface area (Å²) in [7, 11) is 0. The summed E-state index contributed by atoms with van der Waals surface area (Å²) in [5.41, 5.74) is 0.946. The number of nitro benzene ring substituents is 1. The van der Waals surface area contributed by atoms with Crippen LogP contribution in [-0.2, 0) is 0 Å². The summed E-state index contributed by atoms with van der Waals surface area (Å²) in [5.74, 6) is 0.0000463. The third-order valence-electron chi connectivity index (χ3n) is 1.73. The molecule has 1 N–H and O–H groups in total. The van der Waals surface area contributed by atoms with Gasteiger partial charge in [-0.15, -0.1) is 0 Å². The second kappa shape index (κ2) is 4.23. The van der Waals surface area contributed by atoms with Crippen LogP contribution in [0.2, 0.25) is 0 Å². The largest absolute Gasteiger partial charge is 0.507 e. The van der Waals surface area contributed by atoms with Crippen molar-refractivity contribution in [3.63, 3.8) is 0 Å². The summed E-state index contributed by atoms with van der Waals surface area (Å²) in [4.78, 5) is 9.95. The molecule has 14 heavy (non-hydrogen) atoms. The minimum absolute atomic E-state index is 0.0000463. The molecule has 0 bridgehead atoms. The molecule has 0 saturated carbocycles. The van der Waals surface area contributed by atoms with Gasteiger partial charge in [0.1, 0.15) is 5.75 Å². The first-order valence-corrected chi connectivity index (χ1v) is 4.90. The van der Waals surface area contributed by atoms with E-state index in [-0.39, 0.29) is 11.4 Å². The van der Waals surface area contributed by atoms with Crippen molar-refractivity contribution < 1.29 is 10.0 Å². The van der Waals surface area contributed by atoms with Crippen molar-refractivity contribution in [2.45, 2.75) is 0 Å². The number of non-ortho nitro benzene ring substituents is 1. The molecular formula is C9H8BrNO3. The predicted molar refractivity (Wildman–Crippen MR) is 57.6 cm³/mol. The lowest BCUT2D eigenvalue weighted by molar-refractivity contribution is -0.384. The normalized spacial score (nSPS) is 9.79. The molecule has 0 spiro atoms. The summed E-state index contributed by atoms with van der Waals surface area (Å²) in [5, 5.41) is 20.3. The van der Waals surface area contributed by atoms with Crippen LogP contribution in [-0.4, -0.2) is 15.4 Å². The maximum Gasteiger partial charge on any atom is 0.270 e. The summed E-state index contributed by atoms with van der Waals surface area (Å²) in [6.45, 7) is 3.68. The van der Waals surface area contributed by atoms with Gasteiger partial charge in [-0.25, -0.2) is 0 Å². The number of nitrogens with zero attached hydrogens (tertiary/aromatic N) is 1. The molecule has 0 saturated heterocycles. The highest BCUT2D eigenvalue weighted by molar-refractivity contribution is 9.09. The monoisotopic (exact) mass is 257 g/mol. The molecule has 0 fully saturated rings. The summed E-state index contributed by atoms with van der Waals surface area (Å²) < 4.78 is 0. The fraction of sp³-hybridized carbons (Fsp3) is 0.111. The van der Waals surface area contributed by atoms with Gasteiger partial charge in [0.15, 0.2) is 0 Å². The number of halogens is 1. The van der Waals surface area contributed by atoms with Crippen LogP contribution in [0.5, 0.6) is 5.75 Å². The van der Waals surface area contributed by atoms with E-state index in [2.05, 4.69) is 22.5 Å². The topological polar surface area (TPSA) is 63.4 Å². The Bertz CT molecular complexity index is 390. The van der Waals surface area contributed by atoms with Gasteiger partial charge < -0.3 is 5.11 Å². The molecule has 5 heteroatoms. The molecule has 4 nitrogen and oxygen atoms in total. The number of phenolic OH excluding ortho intramolecular Hbond substituents is 1. The van der Waals surface area contributed by atoms with E-state index in [0.29, 0.717) is 16.5 Å². The van der Waals surface area contributed by atoms with E-state index in [1.165, 1.54) is 18.2 Å². The molecule has 0 unspecified atom stereocenters. The van der Waals surface area contributed by atoms with Crippen molar-refractivity contribution in [1.29, 1.82) is 0 Å². The molecule has 0 aliphatic heterocycles. The Kier molecular flexibility index (Phi) is 3.24. The number of allylic oxidation sites excluding steroid dienone is 1. The standard InChI is InChI=1S/C9H8BrNO3/c1-6(5-10)8-4-7(11(13)14)2-3-9(8)12/h2-4,12H,1,5H2. The van der Waals surface area contributed by atoms with Crippen LogP contribution < -0.4 is 0 Å². The van der Waals surface area contributed by atoms with Crippen LogP contribution in [0, 0.1) is 10.1 Å². The molecule has 0 aromatic heterocycles. The van der Waals surface area contributed by atoms with Gasteiger partial charge in [-0.05, 0) is 11.6 Å². The zero-order valence-electron chi connectivity index (χ0n) is 7.24. The van der Waals surface area contributed by atoms with E-state index in [1.807, 2.05) is 0 Å². The number of phenols is 1. The number of benzene rings is 1. The van der Waals surface area contributed by atoms with Crippen molar-refractivity contribution in [3.8, 4) is 5.75 Å². The highest BCUT2D eigenvalue weighted by Gasteiger charge is 2.11. The Morgan fingerprint density at radius 2 is 2.29 bits per heavy atom. The lowest BCUT2D eigenvalue weighted by Gasteiger charge is -2.04. The first-order valence-electron chi connectivity index (χ1n) is 3.77. The molecule has 0 atom stereocenters. The number of alkyl halides is 1. The quantitative estimate of drug-likeness (QED) is 0.515. The van der Waals surface area contributed by atoms with Gasteiger partial charge in [0.05, 0.1) is 4.92 Å². The first kappa shape index (κ1) is 10.7. The fourth-order valence-corrected chi connectivity index (χ4v) is 1.29. The Labute approximate surface area is 89.2 Å². The molecule has 1 aromatic carbocycles. The van der Waals surface area contributed by atoms with E-state index in [0.717, 1.165) is 0 Å².